The lowest BCUT2D eigenvalue weighted by atomic mass is 9.97. The second kappa shape index (κ2) is 10.6. The van der Waals surface area contributed by atoms with E-state index in [0.717, 1.165) is 23.1 Å². The van der Waals surface area contributed by atoms with Gasteiger partial charge < -0.3 is 10.6 Å². The summed E-state index contributed by atoms with van der Waals surface area (Å²) in [5, 5.41) is 0. The fourth-order valence-electron chi connectivity index (χ4n) is 4.33. The smallest absolute Gasteiger partial charge is 0.333 e. The van der Waals surface area contributed by atoms with E-state index in [9.17, 15) is 31.1 Å². The van der Waals surface area contributed by atoms with Gasteiger partial charge in [0, 0.05) is 31.2 Å². The molecule has 1 aliphatic rings. The molecule has 192 valence electrons. The maximum Gasteiger partial charge on any atom is 0.416 e. The van der Waals surface area contributed by atoms with Crippen LogP contribution in [0.15, 0.2) is 36.4 Å². The third kappa shape index (κ3) is 6.76. The molecule has 0 unspecified atom stereocenters. The molecule has 1 fully saturated rings. The van der Waals surface area contributed by atoms with E-state index in [1.807, 2.05) is 32.0 Å². The van der Waals surface area contributed by atoms with Crippen LogP contribution in [0.4, 0.5) is 26.3 Å². The minimum Gasteiger partial charge on any atom is -0.333 e. The van der Waals surface area contributed by atoms with Gasteiger partial charge >= 0.3 is 12.4 Å². The molecule has 1 atom stereocenters. The molecular weight excluding hydrogens is 472 g/mol. The molecule has 1 amide bonds. The van der Waals surface area contributed by atoms with Gasteiger partial charge in [0.15, 0.2) is 0 Å². The van der Waals surface area contributed by atoms with Crippen molar-refractivity contribution < 1.29 is 31.1 Å². The maximum absolute atomic E-state index is 13.4. The number of benzene rings is 2. The number of aryl methyl sites for hydroxylation is 2. The van der Waals surface area contributed by atoms with Crippen molar-refractivity contribution in [2.45, 2.75) is 45.1 Å². The molecule has 35 heavy (non-hydrogen) atoms. The zero-order valence-corrected chi connectivity index (χ0v) is 19.6. The zero-order valence-electron chi connectivity index (χ0n) is 19.6. The van der Waals surface area contributed by atoms with Crippen LogP contribution in [-0.4, -0.2) is 54.5 Å². The second-order valence-corrected chi connectivity index (χ2v) is 9.01. The van der Waals surface area contributed by atoms with Crippen molar-refractivity contribution in [1.82, 2.24) is 9.80 Å². The van der Waals surface area contributed by atoms with Crippen LogP contribution < -0.4 is 5.73 Å². The number of halogens is 6. The summed E-state index contributed by atoms with van der Waals surface area (Å²) in [6, 6.07) is 6.50. The third-order valence-electron chi connectivity index (χ3n) is 6.38. The van der Waals surface area contributed by atoms with Crippen molar-refractivity contribution in [2.75, 3.05) is 32.7 Å². The molecule has 1 heterocycles. The SMILES string of the molecule is Cc1ccc(C[C@@H]2CN(CCCN)CCN2C(=O)c2cc(C(F)(F)F)cc(C(F)(F)F)c2)cc1C. The number of hydrogen-bond donors (Lipinski definition) is 1. The molecule has 2 aromatic rings. The number of hydrogen-bond acceptors (Lipinski definition) is 3. The second-order valence-electron chi connectivity index (χ2n) is 9.01. The highest BCUT2D eigenvalue weighted by Crippen LogP contribution is 2.37. The topological polar surface area (TPSA) is 49.6 Å². The van der Waals surface area contributed by atoms with Crippen molar-refractivity contribution in [3.05, 3.63) is 69.8 Å². The molecule has 1 saturated heterocycles. The summed E-state index contributed by atoms with van der Waals surface area (Å²) in [5.74, 6) is -0.839. The van der Waals surface area contributed by atoms with Crippen LogP contribution in [-0.2, 0) is 18.8 Å². The van der Waals surface area contributed by atoms with Crippen molar-refractivity contribution in [3.8, 4) is 0 Å². The Bertz CT molecular complexity index is 1020. The first-order valence-corrected chi connectivity index (χ1v) is 11.4. The van der Waals surface area contributed by atoms with Gasteiger partial charge in [-0.1, -0.05) is 18.2 Å². The Morgan fingerprint density at radius 1 is 0.943 bits per heavy atom. The Kier molecular flexibility index (Phi) is 8.16. The number of nitrogens with zero attached hydrogens (tertiary/aromatic N) is 2. The van der Waals surface area contributed by atoms with E-state index in [4.69, 9.17) is 5.73 Å². The van der Waals surface area contributed by atoms with Crippen LogP contribution in [0.1, 0.15) is 44.6 Å². The average Bonchev–Trinajstić information content (AvgIpc) is 2.78. The van der Waals surface area contributed by atoms with E-state index in [0.29, 0.717) is 44.7 Å². The van der Waals surface area contributed by atoms with E-state index < -0.39 is 41.0 Å². The summed E-state index contributed by atoms with van der Waals surface area (Å²) < 4.78 is 80.0. The third-order valence-corrected chi connectivity index (χ3v) is 6.38. The first-order chi connectivity index (χ1) is 16.3. The zero-order chi connectivity index (χ0) is 26.0. The first-order valence-electron chi connectivity index (χ1n) is 11.4. The molecule has 3 rings (SSSR count). The predicted molar refractivity (Wildman–Crippen MR) is 121 cm³/mol. The normalized spacial score (nSPS) is 17.6. The molecule has 0 bridgehead atoms. The molecule has 0 aliphatic carbocycles. The van der Waals surface area contributed by atoms with E-state index >= 15 is 0 Å². The Labute approximate surface area is 200 Å². The molecule has 0 spiro atoms. The number of rotatable bonds is 6. The van der Waals surface area contributed by atoms with Crippen LogP contribution in [0.5, 0.6) is 0 Å². The fraction of sp³-hybridized carbons (Fsp3) is 0.480. The van der Waals surface area contributed by atoms with Crippen LogP contribution in [0, 0.1) is 13.8 Å². The minimum atomic E-state index is -5.02. The molecule has 10 heteroatoms. The lowest BCUT2D eigenvalue weighted by Crippen LogP contribution is -2.56. The van der Waals surface area contributed by atoms with Gasteiger partial charge in [-0.05, 0) is 74.7 Å². The van der Waals surface area contributed by atoms with Gasteiger partial charge in [-0.25, -0.2) is 0 Å². The van der Waals surface area contributed by atoms with E-state index in [2.05, 4.69) is 4.90 Å². The molecule has 0 radical (unpaired) electrons. The lowest BCUT2D eigenvalue weighted by Gasteiger charge is -2.42. The van der Waals surface area contributed by atoms with Gasteiger partial charge in [-0.3, -0.25) is 9.69 Å². The number of carbonyl (C=O) groups is 1. The van der Waals surface area contributed by atoms with E-state index in [1.165, 1.54) is 4.90 Å². The summed E-state index contributed by atoms with van der Waals surface area (Å²) in [5.41, 5.74) is 5.09. The summed E-state index contributed by atoms with van der Waals surface area (Å²) in [4.78, 5) is 16.9. The molecule has 2 aromatic carbocycles. The Morgan fingerprint density at radius 3 is 2.11 bits per heavy atom. The Morgan fingerprint density at radius 2 is 1.57 bits per heavy atom. The summed E-state index contributed by atoms with van der Waals surface area (Å²) in [6.07, 6.45) is -8.87. The average molecular weight is 502 g/mol. The lowest BCUT2D eigenvalue weighted by molar-refractivity contribution is -0.143. The molecule has 2 N–H and O–H groups in total. The number of carbonyl (C=O) groups excluding carboxylic acids is 1. The molecule has 1 aliphatic heterocycles. The molecule has 0 aromatic heterocycles. The summed E-state index contributed by atoms with van der Waals surface area (Å²) in [6.45, 7) is 6.21. The predicted octanol–water partition coefficient (Wildman–Crippen LogP) is 5.06. The first kappa shape index (κ1) is 27.0. The van der Waals surface area contributed by atoms with Crippen LogP contribution in [0.2, 0.25) is 0 Å². The van der Waals surface area contributed by atoms with Crippen molar-refractivity contribution in [3.63, 3.8) is 0 Å². The molecule has 0 saturated carbocycles. The van der Waals surface area contributed by atoms with Crippen molar-refractivity contribution in [1.29, 1.82) is 0 Å². The number of alkyl halides is 6. The highest BCUT2D eigenvalue weighted by Gasteiger charge is 2.39. The molecular formula is C25H29F6N3O. The summed E-state index contributed by atoms with van der Waals surface area (Å²) >= 11 is 0. The van der Waals surface area contributed by atoms with Gasteiger partial charge in [0.1, 0.15) is 0 Å². The van der Waals surface area contributed by atoms with E-state index in [1.54, 1.807) is 0 Å². The van der Waals surface area contributed by atoms with E-state index in [-0.39, 0.29) is 12.6 Å². The van der Waals surface area contributed by atoms with Crippen molar-refractivity contribution >= 4 is 5.91 Å². The monoisotopic (exact) mass is 501 g/mol. The summed E-state index contributed by atoms with van der Waals surface area (Å²) in [7, 11) is 0. The van der Waals surface area contributed by atoms with Gasteiger partial charge in [0.2, 0.25) is 0 Å². The quantitative estimate of drug-likeness (QED) is 0.563. The number of piperazine rings is 1. The van der Waals surface area contributed by atoms with Crippen LogP contribution >= 0.6 is 0 Å². The highest BCUT2D eigenvalue weighted by molar-refractivity contribution is 5.95. The largest absolute Gasteiger partial charge is 0.416 e. The van der Waals surface area contributed by atoms with Gasteiger partial charge in [0.25, 0.3) is 5.91 Å². The van der Waals surface area contributed by atoms with Gasteiger partial charge in [-0.2, -0.15) is 26.3 Å². The standard InChI is InChI=1S/C25H29F6N3O/c1-16-4-5-18(10-17(16)2)11-22-15-33(7-3-6-32)8-9-34(22)23(35)19-12-20(24(26,27)28)14-21(13-19)25(29,30)31/h4-5,10,12-14,22H,3,6-9,11,15,32H2,1-2H3/t22-/m1/s1. The highest BCUT2D eigenvalue weighted by atomic mass is 19.4. The van der Waals surface area contributed by atoms with Gasteiger partial charge in [0.05, 0.1) is 11.1 Å². The van der Waals surface area contributed by atoms with Gasteiger partial charge in [-0.15, -0.1) is 0 Å². The number of nitrogens with two attached hydrogens (primary N) is 1. The number of amides is 1. The molecule has 4 nitrogen and oxygen atoms in total. The minimum absolute atomic E-state index is 0.0358. The fourth-order valence-corrected chi connectivity index (χ4v) is 4.33. The van der Waals surface area contributed by atoms with Crippen molar-refractivity contribution in [2.24, 2.45) is 5.73 Å². The van der Waals surface area contributed by atoms with Crippen LogP contribution in [0.3, 0.4) is 0 Å². The maximum atomic E-state index is 13.4. The Balaban J connectivity index is 1.96. The van der Waals surface area contributed by atoms with Crippen LogP contribution in [0.25, 0.3) is 0 Å². The Hall–Kier alpha value is -2.59.